The molecule has 1 aliphatic rings. The minimum absolute atomic E-state index is 0.292. The second kappa shape index (κ2) is 4.48. The molecule has 1 fully saturated rings. The summed E-state index contributed by atoms with van der Waals surface area (Å²) in [5.41, 5.74) is 1.35. The highest BCUT2D eigenvalue weighted by Crippen LogP contribution is 2.33. The van der Waals surface area contributed by atoms with E-state index >= 15 is 0 Å². The SMILES string of the molecule is Cc1cc2c(C=O)ccc(OC3CCCC3)c2o1. The van der Waals surface area contributed by atoms with Crippen LogP contribution in [-0.2, 0) is 0 Å². The van der Waals surface area contributed by atoms with Crippen molar-refractivity contribution < 1.29 is 13.9 Å². The van der Waals surface area contributed by atoms with E-state index in [9.17, 15) is 4.79 Å². The lowest BCUT2D eigenvalue weighted by Gasteiger charge is -2.13. The number of rotatable bonds is 3. The number of furan rings is 1. The highest BCUT2D eigenvalue weighted by Gasteiger charge is 2.19. The van der Waals surface area contributed by atoms with Gasteiger partial charge in [-0.1, -0.05) is 0 Å². The van der Waals surface area contributed by atoms with Crippen LogP contribution >= 0.6 is 0 Å². The number of hydrogen-bond acceptors (Lipinski definition) is 3. The monoisotopic (exact) mass is 244 g/mol. The second-order valence-corrected chi connectivity index (χ2v) is 4.89. The summed E-state index contributed by atoms with van der Waals surface area (Å²) >= 11 is 0. The summed E-state index contributed by atoms with van der Waals surface area (Å²) in [7, 11) is 0. The van der Waals surface area contributed by atoms with Gasteiger partial charge in [0.25, 0.3) is 0 Å². The van der Waals surface area contributed by atoms with E-state index in [2.05, 4.69) is 0 Å². The number of aldehydes is 1. The number of ether oxygens (including phenoxy) is 1. The first-order valence-electron chi connectivity index (χ1n) is 6.43. The average Bonchev–Trinajstić information content (AvgIpc) is 2.98. The molecule has 1 heterocycles. The maximum Gasteiger partial charge on any atom is 0.176 e. The summed E-state index contributed by atoms with van der Waals surface area (Å²) in [4.78, 5) is 11.0. The molecule has 0 aliphatic heterocycles. The Hall–Kier alpha value is -1.77. The van der Waals surface area contributed by atoms with Gasteiger partial charge < -0.3 is 9.15 Å². The van der Waals surface area contributed by atoms with E-state index in [0.29, 0.717) is 17.3 Å². The lowest BCUT2D eigenvalue weighted by atomic mass is 10.1. The molecule has 0 unspecified atom stereocenters. The van der Waals surface area contributed by atoms with Gasteiger partial charge in [-0.3, -0.25) is 4.79 Å². The lowest BCUT2D eigenvalue weighted by Crippen LogP contribution is -2.10. The number of carbonyl (C=O) groups excluding carboxylic acids is 1. The molecule has 0 bridgehead atoms. The van der Waals surface area contributed by atoms with Crippen LogP contribution in [-0.4, -0.2) is 12.4 Å². The third kappa shape index (κ3) is 1.90. The Morgan fingerprint density at radius 1 is 1.33 bits per heavy atom. The molecule has 1 aromatic heterocycles. The fourth-order valence-corrected chi connectivity index (χ4v) is 2.62. The predicted octanol–water partition coefficient (Wildman–Crippen LogP) is 3.88. The maximum absolute atomic E-state index is 11.0. The van der Waals surface area contributed by atoms with Gasteiger partial charge in [0.05, 0.1) is 6.10 Å². The van der Waals surface area contributed by atoms with E-state index in [-0.39, 0.29) is 0 Å². The molecule has 3 heteroatoms. The predicted molar refractivity (Wildman–Crippen MR) is 69.2 cm³/mol. The van der Waals surface area contributed by atoms with Crippen LogP contribution in [0.1, 0.15) is 41.8 Å². The van der Waals surface area contributed by atoms with Crippen LogP contribution in [0.25, 0.3) is 11.0 Å². The van der Waals surface area contributed by atoms with E-state index < -0.39 is 0 Å². The van der Waals surface area contributed by atoms with Crippen LogP contribution in [0.2, 0.25) is 0 Å². The molecule has 94 valence electrons. The molecule has 1 saturated carbocycles. The Morgan fingerprint density at radius 2 is 2.11 bits per heavy atom. The molecular formula is C15H16O3. The van der Waals surface area contributed by atoms with Gasteiger partial charge in [-0.05, 0) is 50.8 Å². The zero-order valence-corrected chi connectivity index (χ0v) is 10.4. The molecule has 1 aromatic carbocycles. The second-order valence-electron chi connectivity index (χ2n) is 4.89. The standard InChI is InChI=1S/C15H16O3/c1-10-8-13-11(9-16)6-7-14(15(13)17-10)18-12-4-2-3-5-12/h6-9,12H,2-5H2,1H3. The van der Waals surface area contributed by atoms with Crippen LogP contribution < -0.4 is 4.74 Å². The molecule has 0 radical (unpaired) electrons. The number of hydrogen-bond donors (Lipinski definition) is 0. The summed E-state index contributed by atoms with van der Waals surface area (Å²) in [6, 6.07) is 5.53. The van der Waals surface area contributed by atoms with E-state index in [1.54, 1.807) is 6.07 Å². The molecule has 0 N–H and O–H groups in total. The van der Waals surface area contributed by atoms with Crippen molar-refractivity contribution in [3.8, 4) is 5.75 Å². The molecule has 2 aromatic rings. The largest absolute Gasteiger partial charge is 0.486 e. The van der Waals surface area contributed by atoms with Gasteiger partial charge in [0.1, 0.15) is 5.76 Å². The lowest BCUT2D eigenvalue weighted by molar-refractivity contribution is 0.112. The Kier molecular flexibility index (Phi) is 2.82. The Morgan fingerprint density at radius 3 is 2.83 bits per heavy atom. The van der Waals surface area contributed by atoms with Crippen LogP contribution in [0.5, 0.6) is 5.75 Å². The fourth-order valence-electron chi connectivity index (χ4n) is 2.62. The molecule has 0 saturated heterocycles. The van der Waals surface area contributed by atoms with Crippen molar-refractivity contribution in [2.24, 2.45) is 0 Å². The number of aryl methyl sites for hydroxylation is 1. The highest BCUT2D eigenvalue weighted by molar-refractivity contribution is 5.98. The normalized spacial score (nSPS) is 16.3. The maximum atomic E-state index is 11.0. The molecule has 18 heavy (non-hydrogen) atoms. The highest BCUT2D eigenvalue weighted by atomic mass is 16.5. The molecule has 1 aliphatic carbocycles. The van der Waals surface area contributed by atoms with Crippen molar-refractivity contribution in [3.63, 3.8) is 0 Å². The quantitative estimate of drug-likeness (QED) is 0.769. The molecule has 0 amide bonds. The number of benzene rings is 1. The van der Waals surface area contributed by atoms with Crippen molar-refractivity contribution in [1.82, 2.24) is 0 Å². The molecule has 0 atom stereocenters. The summed E-state index contributed by atoms with van der Waals surface area (Å²) in [6.07, 6.45) is 5.83. The van der Waals surface area contributed by atoms with Gasteiger partial charge in [-0.25, -0.2) is 0 Å². The van der Waals surface area contributed by atoms with Crippen molar-refractivity contribution in [1.29, 1.82) is 0 Å². The van der Waals surface area contributed by atoms with Gasteiger partial charge in [0.2, 0.25) is 0 Å². The van der Waals surface area contributed by atoms with Crippen molar-refractivity contribution in [3.05, 3.63) is 29.5 Å². The topological polar surface area (TPSA) is 39.4 Å². The Balaban J connectivity index is 2.03. The summed E-state index contributed by atoms with van der Waals surface area (Å²) in [5.74, 6) is 1.56. The third-order valence-corrected chi connectivity index (χ3v) is 3.53. The third-order valence-electron chi connectivity index (χ3n) is 3.53. The van der Waals surface area contributed by atoms with E-state index in [4.69, 9.17) is 9.15 Å². The number of fused-ring (bicyclic) bond motifs is 1. The number of carbonyl (C=O) groups is 1. The summed E-state index contributed by atoms with van der Waals surface area (Å²) in [5, 5.41) is 0.845. The van der Waals surface area contributed by atoms with Crippen molar-refractivity contribution in [2.75, 3.05) is 0 Å². The summed E-state index contributed by atoms with van der Waals surface area (Å²) < 4.78 is 11.7. The minimum Gasteiger partial charge on any atom is -0.486 e. The van der Waals surface area contributed by atoms with E-state index in [1.807, 2.05) is 19.1 Å². The van der Waals surface area contributed by atoms with E-state index in [0.717, 1.165) is 36.0 Å². The molecule has 3 nitrogen and oxygen atoms in total. The van der Waals surface area contributed by atoms with Gasteiger partial charge in [-0.2, -0.15) is 0 Å². The molecular weight excluding hydrogens is 228 g/mol. The van der Waals surface area contributed by atoms with Gasteiger partial charge in [-0.15, -0.1) is 0 Å². The van der Waals surface area contributed by atoms with Crippen LogP contribution in [0.3, 0.4) is 0 Å². The van der Waals surface area contributed by atoms with Crippen LogP contribution in [0.15, 0.2) is 22.6 Å². The van der Waals surface area contributed by atoms with Gasteiger partial charge >= 0.3 is 0 Å². The van der Waals surface area contributed by atoms with Crippen molar-refractivity contribution >= 4 is 17.3 Å². The average molecular weight is 244 g/mol. The fraction of sp³-hybridized carbons (Fsp3) is 0.400. The first-order valence-corrected chi connectivity index (χ1v) is 6.43. The molecule has 3 rings (SSSR count). The van der Waals surface area contributed by atoms with Crippen LogP contribution in [0, 0.1) is 6.92 Å². The Bertz CT molecular complexity index is 577. The zero-order valence-electron chi connectivity index (χ0n) is 10.4. The van der Waals surface area contributed by atoms with Gasteiger partial charge in [0, 0.05) is 10.9 Å². The Labute approximate surface area is 106 Å². The first-order chi connectivity index (χ1) is 8.78. The molecule has 0 spiro atoms. The zero-order chi connectivity index (χ0) is 12.5. The van der Waals surface area contributed by atoms with Crippen LogP contribution in [0.4, 0.5) is 0 Å². The van der Waals surface area contributed by atoms with E-state index in [1.165, 1.54) is 12.8 Å². The van der Waals surface area contributed by atoms with Crippen molar-refractivity contribution in [2.45, 2.75) is 38.7 Å². The summed E-state index contributed by atoms with van der Waals surface area (Å²) in [6.45, 7) is 1.88. The minimum atomic E-state index is 0.292. The van der Waals surface area contributed by atoms with Gasteiger partial charge in [0.15, 0.2) is 17.6 Å². The first kappa shape index (κ1) is 11.3. The smallest absolute Gasteiger partial charge is 0.176 e.